The molecule has 0 aliphatic rings. The molecule has 17 heavy (non-hydrogen) atoms. The zero-order valence-electron chi connectivity index (χ0n) is 9.52. The zero-order valence-corrected chi connectivity index (χ0v) is 11.1. The van der Waals surface area contributed by atoms with Crippen LogP contribution in [0.4, 0.5) is 5.69 Å². The van der Waals surface area contributed by atoms with Crippen molar-refractivity contribution in [2.24, 2.45) is 0 Å². The lowest BCUT2D eigenvalue weighted by molar-refractivity contribution is 0.221. The summed E-state index contributed by atoms with van der Waals surface area (Å²) in [7, 11) is 0. The first-order valence-electron chi connectivity index (χ1n) is 5.38. The molecule has 0 heterocycles. The summed E-state index contributed by atoms with van der Waals surface area (Å²) in [6.07, 6.45) is -0.678. The third-order valence-electron chi connectivity index (χ3n) is 2.84. The van der Waals surface area contributed by atoms with Crippen LogP contribution in [0.5, 0.6) is 0 Å². The minimum Gasteiger partial charge on any atom is -0.398 e. The Balaban J connectivity index is 2.40. The van der Waals surface area contributed by atoms with E-state index in [9.17, 15) is 5.11 Å². The number of hydrogen-bond acceptors (Lipinski definition) is 2. The Hall–Kier alpha value is -1.32. The third-order valence-corrected chi connectivity index (χ3v) is 3.37. The number of aliphatic hydroxyl groups excluding tert-OH is 1. The fourth-order valence-corrected chi connectivity index (χ4v) is 2.03. The van der Waals surface area contributed by atoms with E-state index in [0.717, 1.165) is 21.2 Å². The molecule has 1 atom stereocenters. The predicted molar refractivity (Wildman–Crippen MR) is 73.8 cm³/mol. The van der Waals surface area contributed by atoms with Crippen molar-refractivity contribution >= 4 is 21.6 Å². The Morgan fingerprint density at radius 1 is 1.12 bits per heavy atom. The van der Waals surface area contributed by atoms with Gasteiger partial charge in [-0.05, 0) is 30.2 Å². The summed E-state index contributed by atoms with van der Waals surface area (Å²) in [5.74, 6) is 0. The summed E-state index contributed by atoms with van der Waals surface area (Å²) in [4.78, 5) is 0. The highest BCUT2D eigenvalue weighted by Crippen LogP contribution is 2.29. The molecule has 0 aliphatic carbocycles. The van der Waals surface area contributed by atoms with Crippen LogP contribution in [-0.2, 0) is 0 Å². The van der Waals surface area contributed by atoms with Gasteiger partial charge in [0.1, 0.15) is 6.10 Å². The molecule has 2 aromatic rings. The van der Waals surface area contributed by atoms with Crippen LogP contribution in [0, 0.1) is 6.92 Å². The van der Waals surface area contributed by atoms with E-state index in [2.05, 4.69) is 15.9 Å². The molecule has 0 spiro atoms. The topological polar surface area (TPSA) is 46.2 Å². The van der Waals surface area contributed by atoms with Gasteiger partial charge in [-0.15, -0.1) is 0 Å². The summed E-state index contributed by atoms with van der Waals surface area (Å²) in [6.45, 7) is 1.94. The fraction of sp³-hybridized carbons (Fsp3) is 0.143. The lowest BCUT2D eigenvalue weighted by Gasteiger charge is -2.15. The van der Waals surface area contributed by atoms with Crippen molar-refractivity contribution in [2.45, 2.75) is 13.0 Å². The Kier molecular flexibility index (Phi) is 3.50. The number of halogens is 1. The molecule has 0 fully saturated rings. The summed E-state index contributed by atoms with van der Waals surface area (Å²) < 4.78 is 0.991. The molecule has 0 radical (unpaired) electrons. The molecule has 0 saturated heterocycles. The van der Waals surface area contributed by atoms with Crippen molar-refractivity contribution in [2.75, 3.05) is 5.73 Å². The van der Waals surface area contributed by atoms with E-state index in [0.29, 0.717) is 5.69 Å². The van der Waals surface area contributed by atoms with E-state index < -0.39 is 6.10 Å². The first-order chi connectivity index (χ1) is 8.09. The number of nitrogen functional groups attached to an aromatic ring is 1. The quantitative estimate of drug-likeness (QED) is 0.833. The molecule has 0 amide bonds. The Morgan fingerprint density at radius 3 is 2.41 bits per heavy atom. The molecule has 0 bridgehead atoms. The number of benzene rings is 2. The van der Waals surface area contributed by atoms with Crippen LogP contribution in [0.15, 0.2) is 46.9 Å². The van der Waals surface area contributed by atoms with Gasteiger partial charge in [0.05, 0.1) is 0 Å². The maximum Gasteiger partial charge on any atom is 0.106 e. The van der Waals surface area contributed by atoms with E-state index in [1.54, 1.807) is 0 Å². The lowest BCUT2D eigenvalue weighted by atomic mass is 9.98. The molecule has 0 aliphatic heterocycles. The number of nitrogens with two attached hydrogens (primary N) is 1. The number of aryl methyl sites for hydroxylation is 1. The first-order valence-corrected chi connectivity index (χ1v) is 6.17. The van der Waals surface area contributed by atoms with Crippen molar-refractivity contribution < 1.29 is 5.11 Å². The van der Waals surface area contributed by atoms with Crippen molar-refractivity contribution in [3.63, 3.8) is 0 Å². The van der Waals surface area contributed by atoms with E-state index in [1.165, 1.54) is 0 Å². The molecule has 3 heteroatoms. The largest absolute Gasteiger partial charge is 0.398 e. The maximum absolute atomic E-state index is 10.3. The molecular weight excluding hydrogens is 278 g/mol. The molecule has 0 aromatic heterocycles. The molecule has 3 N–H and O–H groups in total. The maximum atomic E-state index is 10.3. The van der Waals surface area contributed by atoms with Gasteiger partial charge in [0.2, 0.25) is 0 Å². The third kappa shape index (κ3) is 2.51. The highest BCUT2D eigenvalue weighted by atomic mass is 79.9. The highest BCUT2D eigenvalue weighted by molar-refractivity contribution is 9.10. The van der Waals surface area contributed by atoms with Crippen molar-refractivity contribution in [3.05, 3.63) is 63.6 Å². The monoisotopic (exact) mass is 291 g/mol. The van der Waals surface area contributed by atoms with Crippen LogP contribution in [0.1, 0.15) is 22.8 Å². The van der Waals surface area contributed by atoms with Crippen LogP contribution in [-0.4, -0.2) is 5.11 Å². The van der Waals surface area contributed by atoms with E-state index >= 15 is 0 Å². The smallest absolute Gasteiger partial charge is 0.106 e. The Bertz CT molecular complexity index is 522. The van der Waals surface area contributed by atoms with Crippen LogP contribution in [0.25, 0.3) is 0 Å². The number of rotatable bonds is 2. The molecule has 2 aromatic carbocycles. The Morgan fingerprint density at radius 2 is 1.76 bits per heavy atom. The highest BCUT2D eigenvalue weighted by Gasteiger charge is 2.13. The van der Waals surface area contributed by atoms with Crippen LogP contribution in [0.2, 0.25) is 0 Å². The van der Waals surface area contributed by atoms with Gasteiger partial charge in [-0.3, -0.25) is 0 Å². The molecule has 88 valence electrons. The van der Waals surface area contributed by atoms with Crippen molar-refractivity contribution in [1.82, 2.24) is 0 Å². The minimum atomic E-state index is -0.678. The van der Waals surface area contributed by atoms with E-state index in [-0.39, 0.29) is 0 Å². The lowest BCUT2D eigenvalue weighted by Crippen LogP contribution is -2.04. The van der Waals surface area contributed by atoms with Gasteiger partial charge in [-0.25, -0.2) is 0 Å². The Labute approximate surface area is 109 Å². The average molecular weight is 292 g/mol. The molecular formula is C14H14BrNO. The van der Waals surface area contributed by atoms with Crippen molar-refractivity contribution in [1.29, 1.82) is 0 Å². The fourth-order valence-electron chi connectivity index (χ4n) is 1.77. The number of anilines is 1. The minimum absolute atomic E-state index is 0.655. The van der Waals surface area contributed by atoms with Crippen LogP contribution in [0.3, 0.4) is 0 Å². The van der Waals surface area contributed by atoms with E-state index in [4.69, 9.17) is 5.73 Å². The standard InChI is InChI=1S/C14H14BrNO/c1-9-3-2-4-12(13(9)16)14(17)10-5-7-11(15)8-6-10/h2-8,14,17H,16H2,1H3. The van der Waals surface area contributed by atoms with Crippen molar-refractivity contribution in [3.8, 4) is 0 Å². The molecule has 0 saturated carbocycles. The van der Waals surface area contributed by atoms with Gasteiger partial charge in [-0.2, -0.15) is 0 Å². The summed E-state index contributed by atoms with van der Waals surface area (Å²) >= 11 is 3.37. The molecule has 1 unspecified atom stereocenters. The van der Waals surface area contributed by atoms with Gasteiger partial charge < -0.3 is 10.8 Å². The summed E-state index contributed by atoms with van der Waals surface area (Å²) in [5, 5.41) is 10.3. The van der Waals surface area contributed by atoms with Gasteiger partial charge in [0.25, 0.3) is 0 Å². The van der Waals surface area contributed by atoms with Crippen LogP contribution < -0.4 is 5.73 Å². The first kappa shape index (κ1) is 12.1. The molecule has 2 nitrogen and oxygen atoms in total. The second-order valence-electron chi connectivity index (χ2n) is 4.03. The molecule has 2 rings (SSSR count). The summed E-state index contributed by atoms with van der Waals surface area (Å²) in [6, 6.07) is 13.3. The van der Waals surface area contributed by atoms with Gasteiger partial charge in [-0.1, -0.05) is 46.3 Å². The number of hydrogen-bond donors (Lipinski definition) is 2. The van der Waals surface area contributed by atoms with Gasteiger partial charge in [0, 0.05) is 15.7 Å². The second-order valence-corrected chi connectivity index (χ2v) is 4.95. The van der Waals surface area contributed by atoms with E-state index in [1.807, 2.05) is 49.4 Å². The zero-order chi connectivity index (χ0) is 12.4. The predicted octanol–water partition coefficient (Wildman–Crippen LogP) is 3.42. The normalized spacial score (nSPS) is 12.4. The van der Waals surface area contributed by atoms with Gasteiger partial charge in [0.15, 0.2) is 0 Å². The SMILES string of the molecule is Cc1cccc(C(O)c2ccc(Br)cc2)c1N. The van der Waals surface area contributed by atoms with Crippen LogP contribution >= 0.6 is 15.9 Å². The number of aliphatic hydroxyl groups is 1. The van der Waals surface area contributed by atoms with Gasteiger partial charge >= 0.3 is 0 Å². The number of para-hydroxylation sites is 1. The summed E-state index contributed by atoms with van der Waals surface area (Å²) in [5.41, 5.74) is 9.22. The second kappa shape index (κ2) is 4.90. The average Bonchev–Trinajstić information content (AvgIpc) is 2.33.